The molecule has 31 nitrogen and oxygen atoms in total. The molecule has 24 rings (SSSR count). The predicted octanol–water partition coefficient (Wildman–Crippen LogP) is 12.2. The molecule has 4 amide bonds. The lowest BCUT2D eigenvalue weighted by Crippen LogP contribution is -2.39. The number of aromatic nitrogens is 14. The summed E-state index contributed by atoms with van der Waals surface area (Å²) in [7, 11) is 5.43. The van der Waals surface area contributed by atoms with Gasteiger partial charge in [0.05, 0.1) is 115 Å². The number of ether oxygens (including phenoxy) is 5. The molecular weight excluding hydrogens is 1650 g/mol. The van der Waals surface area contributed by atoms with Crippen LogP contribution >= 0.6 is 0 Å². The highest BCUT2D eigenvalue weighted by Crippen LogP contribution is 2.57. The lowest BCUT2D eigenvalue weighted by molar-refractivity contribution is -0.141. The first-order chi connectivity index (χ1) is 62.5. The van der Waals surface area contributed by atoms with Gasteiger partial charge in [-0.05, 0) is 127 Å². The van der Waals surface area contributed by atoms with Crippen LogP contribution in [-0.2, 0) is 136 Å². The van der Waals surface area contributed by atoms with E-state index in [2.05, 4.69) is 109 Å². The number of anilines is 8. The van der Waals surface area contributed by atoms with Crippen molar-refractivity contribution in [3.63, 3.8) is 0 Å². The fourth-order valence-corrected chi connectivity index (χ4v) is 21.3. The van der Waals surface area contributed by atoms with Crippen LogP contribution in [0.1, 0.15) is 157 Å². The van der Waals surface area contributed by atoms with Gasteiger partial charge in [0.25, 0.3) is 0 Å². The number of hydrogen-bond acceptors (Lipinski definition) is 20. The van der Waals surface area contributed by atoms with Gasteiger partial charge in [0.1, 0.15) is 12.4 Å². The minimum Gasteiger partial charge on any atom is -0.490 e. The van der Waals surface area contributed by atoms with Gasteiger partial charge in [-0.1, -0.05) is 36.8 Å². The molecule has 34 heteroatoms. The predicted molar refractivity (Wildman–Crippen MR) is 475 cm³/mol. The number of hydrogen-bond donors (Lipinski definition) is 0. The van der Waals surface area contributed by atoms with Crippen molar-refractivity contribution in [2.75, 3.05) is 131 Å². The van der Waals surface area contributed by atoms with Crippen molar-refractivity contribution in [1.29, 1.82) is 0 Å². The van der Waals surface area contributed by atoms with Gasteiger partial charge in [-0.25, -0.2) is 0 Å². The first kappa shape index (κ1) is 83.7. The molecule has 11 aromatic rings. The van der Waals surface area contributed by atoms with Crippen LogP contribution in [0.5, 0.6) is 5.75 Å². The molecule has 7 aromatic heterocycles. The molecule has 4 aromatic carbocycles. The largest absolute Gasteiger partial charge is 0.490 e. The van der Waals surface area contributed by atoms with Crippen molar-refractivity contribution in [2.45, 2.75) is 167 Å². The summed E-state index contributed by atoms with van der Waals surface area (Å²) < 4.78 is 82.2. The molecular formula is C95H109F3N22O9. The Morgan fingerprint density at radius 1 is 0.434 bits per heavy atom. The van der Waals surface area contributed by atoms with Gasteiger partial charge in [0, 0.05) is 236 Å². The Kier molecular flexibility index (Phi) is 21.7. The zero-order valence-electron chi connectivity index (χ0n) is 74.4. The number of nitrogens with zero attached hydrogens (tertiary/aromatic N) is 22. The minimum atomic E-state index is -4.53. The summed E-state index contributed by atoms with van der Waals surface area (Å²) in [5.74, 6) is 5.11. The summed E-state index contributed by atoms with van der Waals surface area (Å²) in [6.45, 7) is 23.6. The second-order valence-corrected chi connectivity index (χ2v) is 36.6. The Morgan fingerprint density at radius 3 is 1.32 bits per heavy atom. The second kappa shape index (κ2) is 33.4. The highest BCUT2D eigenvalue weighted by atomic mass is 19.4. The molecule has 2 atom stereocenters. The van der Waals surface area contributed by atoms with Crippen molar-refractivity contribution in [3.8, 4) is 39.1 Å². The summed E-state index contributed by atoms with van der Waals surface area (Å²) >= 11 is 0. The Labute approximate surface area is 745 Å². The van der Waals surface area contributed by atoms with Crippen molar-refractivity contribution < 1.29 is 56.0 Å². The van der Waals surface area contributed by atoms with E-state index in [0.717, 1.165) is 172 Å². The van der Waals surface area contributed by atoms with Crippen LogP contribution in [0, 0.1) is 6.92 Å². The lowest BCUT2D eigenvalue weighted by Gasteiger charge is -2.39. The van der Waals surface area contributed by atoms with Crippen molar-refractivity contribution in [2.24, 2.45) is 21.1 Å². The third-order valence-corrected chi connectivity index (χ3v) is 28.8. The molecule has 12 aliphatic heterocycles. The van der Waals surface area contributed by atoms with Gasteiger partial charge < -0.3 is 62.9 Å². The number of para-hydroxylation sites is 2. The molecule has 129 heavy (non-hydrogen) atoms. The summed E-state index contributed by atoms with van der Waals surface area (Å²) in [6, 6.07) is 28.1. The first-order valence-corrected chi connectivity index (χ1v) is 45.5. The van der Waals surface area contributed by atoms with Crippen LogP contribution in [-0.4, -0.2) is 224 Å². The van der Waals surface area contributed by atoms with E-state index in [1.54, 1.807) is 33.8 Å². The highest BCUT2D eigenvalue weighted by Gasteiger charge is 2.50. The number of aryl methyl sites for hydroxylation is 3. The van der Waals surface area contributed by atoms with Gasteiger partial charge in [-0.2, -0.15) is 48.9 Å². The van der Waals surface area contributed by atoms with Gasteiger partial charge >= 0.3 is 6.18 Å². The number of alkyl halides is 3. The maximum Gasteiger partial charge on any atom is 0.435 e. The summed E-state index contributed by atoms with van der Waals surface area (Å²) in [4.78, 5) is 65.3. The zero-order chi connectivity index (χ0) is 88.6. The summed E-state index contributed by atoms with van der Waals surface area (Å²) in [5, 5.41) is 32.8. The standard InChI is InChI=1S/C27H32N6O2.C25H30N6O2.C24H25F3N6O2.C19H22N4O3/c1-18(34)31-10-6-24-22(15-31)26(29-33(24)21-7-11-35-16-21)32-17-27(8-3-9-27)23-12-19(4-5-25(23)32)20-13-28-30(2)14-20;1-16-21(13-26-28(16)3)18-4-5-23-19(12-18)6-10-30(23)25-22-14-29(17(2)32)9-7-24(22)31(27-25)20-8-11-33-15-20;1-14(34)31-7-6-21-19(11-31)23(29-33(21)17-12-35-13-17)32-8-5-16-9-15(3-4-20(16)32)18-10-30(2)28-22(18)24(25,26)27;1-13(24)21-7-6-16-15(10-21)19(20-23(16)14-11-25-12-14)22-8-9-26-18-5-3-2-4-17(18)22/h4-5,12-14,21H,3,6-11,15-17H2,1-2H3;4-5,12-13,20H,6-11,14-15H2,1-3H3;3-4,9-10,17H,5-8,11-13H2,1-2H3;2-5,14H,6-12H2,1H3/t;20-;;/m.0../s1. The monoisotopic (exact) mass is 1760 g/mol. The molecule has 0 N–H and O–H groups in total. The molecule has 1 unspecified atom stereocenters. The average Bonchev–Trinajstić information content (AvgIpc) is 1.55. The van der Waals surface area contributed by atoms with E-state index in [1.807, 2.05) is 85.8 Å². The van der Waals surface area contributed by atoms with Crippen LogP contribution in [0.2, 0.25) is 0 Å². The van der Waals surface area contributed by atoms with Crippen molar-refractivity contribution >= 4 is 69.6 Å². The van der Waals surface area contributed by atoms with Crippen molar-refractivity contribution in [1.82, 2.24) is 88.1 Å². The second-order valence-electron chi connectivity index (χ2n) is 36.6. The molecule has 1 aliphatic carbocycles. The minimum absolute atomic E-state index is 0.0322. The molecule has 4 saturated heterocycles. The van der Waals surface area contributed by atoms with Crippen LogP contribution in [0.15, 0.2) is 104 Å². The van der Waals surface area contributed by atoms with E-state index < -0.39 is 11.9 Å². The van der Waals surface area contributed by atoms with Crippen LogP contribution in [0.4, 0.5) is 59.2 Å². The molecule has 0 bridgehead atoms. The Hall–Kier alpha value is -12.1. The highest BCUT2D eigenvalue weighted by molar-refractivity contribution is 5.83. The van der Waals surface area contributed by atoms with E-state index >= 15 is 0 Å². The quantitative estimate of drug-likeness (QED) is 0.116. The molecule has 5 fully saturated rings. The third kappa shape index (κ3) is 15.2. The van der Waals surface area contributed by atoms with Crippen LogP contribution in [0.3, 0.4) is 0 Å². The number of rotatable bonds is 11. The normalized spacial score (nSPS) is 19.9. The van der Waals surface area contributed by atoms with Gasteiger partial charge in [-0.3, -0.25) is 52.0 Å². The average molecular weight is 1760 g/mol. The maximum atomic E-state index is 13.5. The fraction of sp³-hybridized carbons (Fsp3) is 0.484. The van der Waals surface area contributed by atoms with E-state index in [0.29, 0.717) is 96.9 Å². The van der Waals surface area contributed by atoms with E-state index in [-0.39, 0.29) is 52.7 Å². The lowest BCUT2D eigenvalue weighted by atomic mass is 9.65. The van der Waals surface area contributed by atoms with E-state index in [1.165, 1.54) is 110 Å². The fourth-order valence-electron chi connectivity index (χ4n) is 21.3. The Bertz CT molecular complexity index is 6200. The van der Waals surface area contributed by atoms with Crippen LogP contribution in [0.25, 0.3) is 33.4 Å². The number of carbonyl (C=O) groups excluding carboxylic acids is 4. The van der Waals surface area contributed by atoms with E-state index in [9.17, 15) is 32.3 Å². The SMILES string of the molecule is CC(=O)N1CCc2c(c(N3CC4(CCC4)c4cc(-c5cnn(C)c5)ccc43)nn2C2CCOC2)C1.CC(=O)N1CCc2c(c(N3CCOc4ccccc43)nn2C2COC2)C1.CC(=O)N1CCc2c(c(N3CCc4cc(-c5cn(C)nc5C(F)(F)F)ccc43)nn2C2COC2)C1.CC(=O)N1CCc2c(c(N3CCc4cc(-c5cnn(C)c5C)ccc43)nn2[C@H]2CCOC2)C1. The molecule has 1 spiro atoms. The van der Waals surface area contributed by atoms with Gasteiger partial charge in [-0.15, -0.1) is 0 Å². The topological polar surface area (TPSA) is 265 Å². The number of halogens is 3. The van der Waals surface area contributed by atoms with Gasteiger partial charge in [0.2, 0.25) is 23.6 Å². The molecule has 0 radical (unpaired) electrons. The molecule has 674 valence electrons. The molecule has 19 heterocycles. The van der Waals surface area contributed by atoms with E-state index in [4.69, 9.17) is 44.1 Å². The number of amides is 4. The molecule has 1 saturated carbocycles. The third-order valence-electron chi connectivity index (χ3n) is 28.8. The van der Waals surface area contributed by atoms with Crippen LogP contribution < -0.4 is 24.3 Å². The summed E-state index contributed by atoms with van der Waals surface area (Å²) in [5.41, 5.74) is 23.6. The maximum absolute atomic E-state index is 13.5. The Balaban J connectivity index is 0.000000105. The number of benzene rings is 4. The number of fused-ring (bicyclic) bond motifs is 9. The Morgan fingerprint density at radius 2 is 0.891 bits per heavy atom. The first-order valence-electron chi connectivity index (χ1n) is 45.5. The zero-order valence-corrected chi connectivity index (χ0v) is 74.4. The van der Waals surface area contributed by atoms with Crippen molar-refractivity contribution in [3.05, 3.63) is 177 Å². The smallest absolute Gasteiger partial charge is 0.435 e. The number of carbonyl (C=O) groups is 4. The van der Waals surface area contributed by atoms with Gasteiger partial charge in [0.15, 0.2) is 29.0 Å². The summed E-state index contributed by atoms with van der Waals surface area (Å²) in [6.07, 6.45) is 13.5. The molecule has 13 aliphatic rings.